The highest BCUT2D eigenvalue weighted by atomic mass is 35.5. The second kappa shape index (κ2) is 5.01. The Labute approximate surface area is 105 Å². The molecule has 1 heterocycles. The van der Waals surface area contributed by atoms with E-state index >= 15 is 0 Å². The van der Waals surface area contributed by atoms with Gasteiger partial charge in [0.05, 0.1) is 17.9 Å². The van der Waals surface area contributed by atoms with Crippen molar-refractivity contribution in [1.29, 1.82) is 0 Å². The standard InChI is InChI=1S/C12H13ClN4/c1-9-6-10(17-5-4-15-8-17)2-3-11(9)16-12(14)7-13/h2-6,8H,7H2,1H3,(H2,14,16). The summed E-state index contributed by atoms with van der Waals surface area (Å²) in [6.07, 6.45) is 5.39. The van der Waals surface area contributed by atoms with E-state index in [2.05, 4.69) is 9.98 Å². The maximum absolute atomic E-state index is 5.61. The number of aromatic nitrogens is 2. The Balaban J connectivity index is 2.36. The monoisotopic (exact) mass is 248 g/mol. The van der Waals surface area contributed by atoms with Crippen LogP contribution in [0, 0.1) is 6.92 Å². The molecule has 17 heavy (non-hydrogen) atoms. The highest BCUT2D eigenvalue weighted by Gasteiger charge is 2.01. The molecular formula is C12H13ClN4. The quantitative estimate of drug-likeness (QED) is 0.515. The minimum atomic E-state index is 0.239. The van der Waals surface area contributed by atoms with Crippen LogP contribution in [-0.2, 0) is 0 Å². The van der Waals surface area contributed by atoms with E-state index in [1.165, 1.54) is 0 Å². The van der Waals surface area contributed by atoms with Crippen LogP contribution in [0.2, 0.25) is 0 Å². The second-order valence-corrected chi connectivity index (χ2v) is 3.94. The summed E-state index contributed by atoms with van der Waals surface area (Å²) >= 11 is 5.60. The third-order valence-electron chi connectivity index (χ3n) is 2.38. The molecule has 0 unspecified atom stereocenters. The highest BCUT2D eigenvalue weighted by molar-refractivity contribution is 6.28. The van der Waals surface area contributed by atoms with E-state index in [4.69, 9.17) is 17.3 Å². The summed E-state index contributed by atoms with van der Waals surface area (Å²) in [6.45, 7) is 1.99. The molecule has 4 nitrogen and oxygen atoms in total. The van der Waals surface area contributed by atoms with E-state index in [-0.39, 0.29) is 5.88 Å². The van der Waals surface area contributed by atoms with Crippen LogP contribution in [-0.4, -0.2) is 21.3 Å². The van der Waals surface area contributed by atoms with Crippen molar-refractivity contribution >= 4 is 23.1 Å². The molecule has 0 aliphatic rings. The number of hydrogen-bond acceptors (Lipinski definition) is 2. The van der Waals surface area contributed by atoms with Gasteiger partial charge in [-0.3, -0.25) is 0 Å². The SMILES string of the molecule is Cc1cc(-n2ccnc2)ccc1N=C(N)CCl. The molecule has 1 aromatic carbocycles. The topological polar surface area (TPSA) is 56.2 Å². The Morgan fingerprint density at radius 1 is 1.53 bits per heavy atom. The fourth-order valence-electron chi connectivity index (χ4n) is 1.52. The van der Waals surface area contributed by atoms with Gasteiger partial charge in [0.1, 0.15) is 5.84 Å². The van der Waals surface area contributed by atoms with Crippen molar-refractivity contribution in [3.05, 3.63) is 42.5 Å². The average Bonchev–Trinajstić information content (AvgIpc) is 2.85. The smallest absolute Gasteiger partial charge is 0.115 e. The molecular weight excluding hydrogens is 236 g/mol. The first-order valence-electron chi connectivity index (χ1n) is 5.18. The van der Waals surface area contributed by atoms with Gasteiger partial charge >= 0.3 is 0 Å². The minimum Gasteiger partial charge on any atom is -0.386 e. The normalized spacial score (nSPS) is 11.8. The first-order chi connectivity index (χ1) is 8.20. The summed E-state index contributed by atoms with van der Waals surface area (Å²) in [5.74, 6) is 0.660. The van der Waals surface area contributed by atoms with Crippen LogP contribution in [0.5, 0.6) is 0 Å². The third kappa shape index (κ3) is 2.65. The van der Waals surface area contributed by atoms with Gasteiger partial charge in [-0.05, 0) is 30.7 Å². The number of halogens is 1. The molecule has 0 spiro atoms. The number of imidazole rings is 1. The Morgan fingerprint density at radius 3 is 2.94 bits per heavy atom. The van der Waals surface area contributed by atoms with Gasteiger partial charge in [-0.15, -0.1) is 11.6 Å². The van der Waals surface area contributed by atoms with Crippen molar-refractivity contribution in [2.45, 2.75) is 6.92 Å². The molecule has 2 aromatic rings. The van der Waals surface area contributed by atoms with E-state index in [1.54, 1.807) is 12.5 Å². The molecule has 0 atom stereocenters. The molecule has 0 fully saturated rings. The van der Waals surface area contributed by atoms with Crippen LogP contribution in [0.25, 0.3) is 5.69 Å². The number of aliphatic imine (C=N–C) groups is 1. The lowest BCUT2D eigenvalue weighted by molar-refractivity contribution is 1.05. The molecule has 0 aliphatic carbocycles. The van der Waals surface area contributed by atoms with Crippen molar-refractivity contribution in [1.82, 2.24) is 9.55 Å². The predicted molar refractivity (Wildman–Crippen MR) is 70.3 cm³/mol. The predicted octanol–water partition coefficient (Wildman–Crippen LogP) is 2.41. The summed E-state index contributed by atoms with van der Waals surface area (Å²) in [5, 5.41) is 0. The number of aryl methyl sites for hydroxylation is 1. The summed E-state index contributed by atoms with van der Waals surface area (Å²) in [7, 11) is 0. The Morgan fingerprint density at radius 2 is 2.35 bits per heavy atom. The Hall–Kier alpha value is -1.81. The molecule has 0 aliphatic heterocycles. The number of alkyl halides is 1. The fourth-order valence-corrected chi connectivity index (χ4v) is 1.58. The van der Waals surface area contributed by atoms with Gasteiger partial charge in [-0.1, -0.05) is 0 Å². The van der Waals surface area contributed by atoms with Crippen LogP contribution < -0.4 is 5.73 Å². The van der Waals surface area contributed by atoms with Crippen molar-refractivity contribution in [2.24, 2.45) is 10.7 Å². The lowest BCUT2D eigenvalue weighted by atomic mass is 10.2. The molecule has 5 heteroatoms. The van der Waals surface area contributed by atoms with Gasteiger partial charge in [0.2, 0.25) is 0 Å². The van der Waals surface area contributed by atoms with E-state index in [9.17, 15) is 0 Å². The summed E-state index contributed by atoms with van der Waals surface area (Å²) < 4.78 is 1.94. The first kappa shape index (κ1) is 11.7. The summed E-state index contributed by atoms with van der Waals surface area (Å²) in [5.41, 5.74) is 8.54. The van der Waals surface area contributed by atoms with Gasteiger partial charge in [0.25, 0.3) is 0 Å². The summed E-state index contributed by atoms with van der Waals surface area (Å²) in [4.78, 5) is 8.25. The molecule has 0 radical (unpaired) electrons. The third-order valence-corrected chi connectivity index (χ3v) is 2.66. The number of benzene rings is 1. The highest BCUT2D eigenvalue weighted by Crippen LogP contribution is 2.21. The van der Waals surface area contributed by atoms with Crippen LogP contribution in [0.4, 0.5) is 5.69 Å². The van der Waals surface area contributed by atoms with Gasteiger partial charge in [-0.25, -0.2) is 9.98 Å². The second-order valence-electron chi connectivity index (χ2n) is 3.68. The molecule has 0 bridgehead atoms. The summed E-state index contributed by atoms with van der Waals surface area (Å²) in [6, 6.07) is 5.92. The van der Waals surface area contributed by atoms with Crippen LogP contribution in [0.1, 0.15) is 5.56 Å². The molecule has 88 valence electrons. The Bertz CT molecular complexity index is 531. The Kier molecular flexibility index (Phi) is 3.44. The maximum Gasteiger partial charge on any atom is 0.115 e. The molecule has 0 saturated heterocycles. The lowest BCUT2D eigenvalue weighted by Crippen LogP contribution is -2.12. The average molecular weight is 249 g/mol. The van der Waals surface area contributed by atoms with E-state index in [1.807, 2.05) is 35.9 Å². The zero-order valence-electron chi connectivity index (χ0n) is 9.47. The maximum atomic E-state index is 5.61. The first-order valence-corrected chi connectivity index (χ1v) is 5.72. The zero-order chi connectivity index (χ0) is 12.3. The molecule has 0 amide bonds. The van der Waals surface area contributed by atoms with Crippen molar-refractivity contribution in [3.63, 3.8) is 0 Å². The van der Waals surface area contributed by atoms with Crippen molar-refractivity contribution in [3.8, 4) is 5.69 Å². The van der Waals surface area contributed by atoms with Gasteiger partial charge in [0.15, 0.2) is 0 Å². The number of amidine groups is 1. The van der Waals surface area contributed by atoms with Gasteiger partial charge < -0.3 is 10.3 Å². The molecule has 0 saturated carbocycles. The molecule has 2 N–H and O–H groups in total. The number of nitrogens with two attached hydrogens (primary N) is 1. The minimum absolute atomic E-state index is 0.239. The van der Waals surface area contributed by atoms with Crippen LogP contribution in [0.15, 0.2) is 41.9 Å². The van der Waals surface area contributed by atoms with E-state index in [0.717, 1.165) is 16.9 Å². The van der Waals surface area contributed by atoms with Crippen LogP contribution >= 0.6 is 11.6 Å². The number of hydrogen-bond donors (Lipinski definition) is 1. The number of nitrogens with zero attached hydrogens (tertiary/aromatic N) is 3. The molecule has 1 aromatic heterocycles. The van der Waals surface area contributed by atoms with Crippen LogP contribution in [0.3, 0.4) is 0 Å². The number of rotatable bonds is 3. The van der Waals surface area contributed by atoms with Gasteiger partial charge in [-0.2, -0.15) is 0 Å². The lowest BCUT2D eigenvalue weighted by Gasteiger charge is -2.06. The van der Waals surface area contributed by atoms with Crippen molar-refractivity contribution < 1.29 is 0 Å². The largest absolute Gasteiger partial charge is 0.386 e. The van der Waals surface area contributed by atoms with E-state index < -0.39 is 0 Å². The zero-order valence-corrected chi connectivity index (χ0v) is 10.2. The molecule has 2 rings (SSSR count). The van der Waals surface area contributed by atoms with E-state index in [0.29, 0.717) is 5.84 Å². The fraction of sp³-hybridized carbons (Fsp3) is 0.167. The van der Waals surface area contributed by atoms with Gasteiger partial charge in [0, 0.05) is 18.1 Å². The van der Waals surface area contributed by atoms with Crippen molar-refractivity contribution in [2.75, 3.05) is 5.88 Å².